The highest BCUT2D eigenvalue weighted by Gasteiger charge is 2.17. The van der Waals surface area contributed by atoms with E-state index in [2.05, 4.69) is 0 Å². The molecule has 0 amide bonds. The monoisotopic (exact) mass is 465 g/mol. The first-order chi connectivity index (χ1) is 15.6. The number of rotatable bonds is 7. The summed E-state index contributed by atoms with van der Waals surface area (Å²) in [6, 6.07) is 26.3. The average molecular weight is 466 g/mol. The average Bonchev–Trinajstić information content (AvgIpc) is 3.20. The zero-order valence-electron chi connectivity index (χ0n) is 17.4. The number of esters is 1. The number of aromatic nitrogens is 1. The standard InChI is InChI=1S/C26H21Cl2NO3/c1-2-31-26(30)19-9-6-10-21(15-19)29-23(12-14-25(29)28)22-16-20(27)11-13-24(22)32-17-18-7-4-3-5-8-18/h3-16H,2,17H2,1H3. The van der Waals surface area contributed by atoms with Gasteiger partial charge in [0.1, 0.15) is 17.5 Å². The van der Waals surface area contributed by atoms with Crippen molar-refractivity contribution in [3.05, 3.63) is 106 Å². The maximum Gasteiger partial charge on any atom is 0.338 e. The number of carbonyl (C=O) groups is 1. The second-order valence-electron chi connectivity index (χ2n) is 7.06. The molecule has 0 saturated heterocycles. The molecule has 4 nitrogen and oxygen atoms in total. The topological polar surface area (TPSA) is 40.5 Å². The summed E-state index contributed by atoms with van der Waals surface area (Å²) < 4.78 is 13.1. The molecule has 4 aromatic rings. The summed E-state index contributed by atoms with van der Waals surface area (Å²) >= 11 is 12.9. The molecule has 0 atom stereocenters. The Morgan fingerprint density at radius 2 is 1.72 bits per heavy atom. The van der Waals surface area contributed by atoms with Gasteiger partial charge in [-0.25, -0.2) is 4.79 Å². The van der Waals surface area contributed by atoms with Crippen LogP contribution < -0.4 is 4.74 Å². The second kappa shape index (κ2) is 9.94. The molecule has 0 bridgehead atoms. The molecular weight excluding hydrogens is 445 g/mol. The van der Waals surface area contributed by atoms with Crippen LogP contribution in [0.25, 0.3) is 16.9 Å². The molecule has 0 aliphatic rings. The summed E-state index contributed by atoms with van der Waals surface area (Å²) in [6.07, 6.45) is 0. The van der Waals surface area contributed by atoms with Crippen LogP contribution in [0.5, 0.6) is 5.75 Å². The summed E-state index contributed by atoms with van der Waals surface area (Å²) in [5.41, 5.74) is 3.83. The summed E-state index contributed by atoms with van der Waals surface area (Å²) in [6.45, 7) is 2.50. The molecule has 0 spiro atoms. The fourth-order valence-electron chi connectivity index (χ4n) is 3.43. The number of carbonyl (C=O) groups excluding carboxylic acids is 1. The molecule has 1 aromatic heterocycles. The summed E-state index contributed by atoms with van der Waals surface area (Å²) in [5, 5.41) is 1.08. The van der Waals surface area contributed by atoms with Crippen LogP contribution in [-0.4, -0.2) is 17.1 Å². The third-order valence-corrected chi connectivity index (χ3v) is 5.43. The van der Waals surface area contributed by atoms with Gasteiger partial charge >= 0.3 is 5.97 Å². The SMILES string of the molecule is CCOC(=O)c1cccc(-n2c(Cl)ccc2-c2cc(Cl)ccc2OCc2ccccc2)c1. The molecule has 6 heteroatoms. The summed E-state index contributed by atoms with van der Waals surface area (Å²) in [7, 11) is 0. The van der Waals surface area contributed by atoms with Gasteiger partial charge in [0, 0.05) is 16.3 Å². The minimum absolute atomic E-state index is 0.309. The van der Waals surface area contributed by atoms with Crippen molar-refractivity contribution in [2.24, 2.45) is 0 Å². The van der Waals surface area contributed by atoms with Crippen molar-refractivity contribution in [1.29, 1.82) is 0 Å². The molecule has 1 heterocycles. The Hall–Kier alpha value is -3.21. The lowest BCUT2D eigenvalue weighted by Crippen LogP contribution is -2.06. The zero-order valence-corrected chi connectivity index (χ0v) is 18.9. The van der Waals surface area contributed by atoms with E-state index >= 15 is 0 Å². The van der Waals surface area contributed by atoms with E-state index in [1.807, 2.05) is 59.2 Å². The molecule has 0 aliphatic heterocycles. The largest absolute Gasteiger partial charge is 0.488 e. The molecule has 32 heavy (non-hydrogen) atoms. The lowest BCUT2D eigenvalue weighted by molar-refractivity contribution is 0.0526. The van der Waals surface area contributed by atoms with Gasteiger partial charge in [0.2, 0.25) is 0 Å². The van der Waals surface area contributed by atoms with Crippen LogP contribution in [0.2, 0.25) is 10.2 Å². The number of nitrogens with zero attached hydrogens (tertiary/aromatic N) is 1. The van der Waals surface area contributed by atoms with Gasteiger partial charge in [0.05, 0.1) is 17.9 Å². The van der Waals surface area contributed by atoms with Crippen molar-refractivity contribution in [1.82, 2.24) is 4.57 Å². The minimum Gasteiger partial charge on any atom is -0.488 e. The van der Waals surface area contributed by atoms with E-state index in [-0.39, 0.29) is 5.97 Å². The number of hydrogen-bond acceptors (Lipinski definition) is 3. The molecule has 4 rings (SSSR count). The third kappa shape index (κ3) is 4.82. The Morgan fingerprint density at radius 3 is 2.50 bits per heavy atom. The van der Waals surface area contributed by atoms with Crippen LogP contribution >= 0.6 is 23.2 Å². The van der Waals surface area contributed by atoms with Gasteiger partial charge in [-0.1, -0.05) is 59.6 Å². The van der Waals surface area contributed by atoms with Gasteiger partial charge in [-0.2, -0.15) is 0 Å². The van der Waals surface area contributed by atoms with Crippen LogP contribution in [0.3, 0.4) is 0 Å². The van der Waals surface area contributed by atoms with Crippen LogP contribution in [0, 0.1) is 0 Å². The predicted octanol–water partition coefficient (Wildman–Crippen LogP) is 7.21. The molecule has 3 aromatic carbocycles. The maximum atomic E-state index is 12.2. The van der Waals surface area contributed by atoms with Crippen LogP contribution in [0.1, 0.15) is 22.8 Å². The molecule has 0 N–H and O–H groups in total. The van der Waals surface area contributed by atoms with E-state index in [1.165, 1.54) is 0 Å². The number of hydrogen-bond donors (Lipinski definition) is 0. The normalized spacial score (nSPS) is 10.7. The lowest BCUT2D eigenvalue weighted by atomic mass is 10.1. The van der Waals surface area contributed by atoms with E-state index in [0.29, 0.717) is 34.7 Å². The third-order valence-electron chi connectivity index (χ3n) is 4.90. The number of halogens is 2. The molecule has 0 aliphatic carbocycles. The van der Waals surface area contributed by atoms with E-state index < -0.39 is 0 Å². The van der Waals surface area contributed by atoms with Crippen molar-refractivity contribution in [2.45, 2.75) is 13.5 Å². The van der Waals surface area contributed by atoms with Crippen molar-refractivity contribution in [3.63, 3.8) is 0 Å². The Labute approximate surface area is 196 Å². The minimum atomic E-state index is -0.381. The molecule has 0 fully saturated rings. The zero-order chi connectivity index (χ0) is 22.5. The molecular formula is C26H21Cl2NO3. The van der Waals surface area contributed by atoms with E-state index in [1.54, 1.807) is 37.3 Å². The van der Waals surface area contributed by atoms with E-state index in [9.17, 15) is 4.79 Å². The Balaban J connectivity index is 1.74. The number of benzene rings is 3. The van der Waals surface area contributed by atoms with E-state index in [0.717, 1.165) is 22.5 Å². The molecule has 0 saturated carbocycles. The van der Waals surface area contributed by atoms with Crippen molar-refractivity contribution < 1.29 is 14.3 Å². The summed E-state index contributed by atoms with van der Waals surface area (Å²) in [4.78, 5) is 12.2. The Kier molecular flexibility index (Phi) is 6.84. The van der Waals surface area contributed by atoms with E-state index in [4.69, 9.17) is 32.7 Å². The fraction of sp³-hybridized carbons (Fsp3) is 0.115. The predicted molar refractivity (Wildman–Crippen MR) is 128 cm³/mol. The first kappa shape index (κ1) is 22.0. The highest BCUT2D eigenvalue weighted by molar-refractivity contribution is 6.31. The van der Waals surface area contributed by atoms with Gasteiger partial charge in [-0.05, 0) is 61.0 Å². The second-order valence-corrected chi connectivity index (χ2v) is 7.89. The van der Waals surface area contributed by atoms with Crippen LogP contribution in [0.4, 0.5) is 0 Å². The van der Waals surface area contributed by atoms with Gasteiger partial charge in [0.25, 0.3) is 0 Å². The highest BCUT2D eigenvalue weighted by atomic mass is 35.5. The summed E-state index contributed by atoms with van der Waals surface area (Å²) in [5.74, 6) is 0.296. The first-order valence-electron chi connectivity index (χ1n) is 10.2. The quantitative estimate of drug-likeness (QED) is 0.270. The van der Waals surface area contributed by atoms with Gasteiger partial charge in [0.15, 0.2) is 0 Å². The lowest BCUT2D eigenvalue weighted by Gasteiger charge is -2.16. The molecule has 0 unspecified atom stereocenters. The number of ether oxygens (including phenoxy) is 2. The van der Waals surface area contributed by atoms with Gasteiger partial charge in [-0.15, -0.1) is 0 Å². The van der Waals surface area contributed by atoms with Crippen LogP contribution in [-0.2, 0) is 11.3 Å². The first-order valence-corrected chi connectivity index (χ1v) is 10.9. The highest BCUT2D eigenvalue weighted by Crippen LogP contribution is 2.37. The Morgan fingerprint density at radius 1 is 0.906 bits per heavy atom. The molecule has 0 radical (unpaired) electrons. The fourth-order valence-corrected chi connectivity index (χ4v) is 3.86. The Bertz CT molecular complexity index is 1240. The smallest absolute Gasteiger partial charge is 0.338 e. The van der Waals surface area contributed by atoms with Gasteiger partial charge < -0.3 is 14.0 Å². The maximum absolute atomic E-state index is 12.2. The van der Waals surface area contributed by atoms with Crippen molar-refractivity contribution >= 4 is 29.2 Å². The van der Waals surface area contributed by atoms with Crippen molar-refractivity contribution in [3.8, 4) is 22.7 Å². The van der Waals surface area contributed by atoms with Crippen LogP contribution in [0.15, 0.2) is 84.9 Å². The van der Waals surface area contributed by atoms with Crippen molar-refractivity contribution in [2.75, 3.05) is 6.61 Å². The molecule has 162 valence electrons. The van der Waals surface area contributed by atoms with Gasteiger partial charge in [-0.3, -0.25) is 0 Å².